The van der Waals surface area contributed by atoms with Gasteiger partial charge in [-0.2, -0.15) is 0 Å². The molecule has 2 nitrogen and oxygen atoms in total. The molecule has 1 heterocycles. The highest BCUT2D eigenvalue weighted by Gasteiger charge is 2.15. The number of hydrogen-bond donors (Lipinski definition) is 0. The van der Waals surface area contributed by atoms with Crippen molar-refractivity contribution in [2.24, 2.45) is 0 Å². The highest BCUT2D eigenvalue weighted by Crippen LogP contribution is 2.38. The Kier molecular flexibility index (Phi) is 3.37. The largest absolute Gasteiger partial charge is 0.456 e. The first-order chi connectivity index (χ1) is 17.9. The van der Waals surface area contributed by atoms with Crippen LogP contribution in [0, 0.1) is 0 Å². The molecule has 0 saturated heterocycles. The fourth-order valence-electron chi connectivity index (χ4n) is 4.05. The van der Waals surface area contributed by atoms with Gasteiger partial charge in [-0.25, -0.2) is 0 Å². The van der Waals surface area contributed by atoms with Gasteiger partial charge in [0.15, 0.2) is 0 Å². The number of fused-ring (bicyclic) bond motifs is 3. The molecule has 5 aromatic carbocycles. The summed E-state index contributed by atoms with van der Waals surface area (Å²) in [5.41, 5.74) is 5.18. The molecule has 0 amide bonds. The molecule has 0 N–H and O–H groups in total. The van der Waals surface area contributed by atoms with Gasteiger partial charge in [-0.15, -0.1) is 0 Å². The van der Waals surface area contributed by atoms with Crippen LogP contribution in [0.1, 0.15) is 6.85 Å². The van der Waals surface area contributed by atoms with Crippen LogP contribution < -0.4 is 4.90 Å². The molecular formula is C30H21NO. The first kappa shape index (κ1) is 13.9. The van der Waals surface area contributed by atoms with Crippen molar-refractivity contribution in [3.8, 4) is 11.1 Å². The summed E-state index contributed by atoms with van der Waals surface area (Å²) in [5.74, 6) is 0. The van der Waals surface area contributed by atoms with Crippen LogP contribution in [0.2, 0.25) is 0 Å². The molecular weight excluding hydrogens is 390 g/mol. The molecule has 6 rings (SSSR count). The summed E-state index contributed by atoms with van der Waals surface area (Å²) < 4.78 is 46.5. The molecule has 0 saturated carbocycles. The third-order valence-corrected chi connectivity index (χ3v) is 5.55. The molecule has 0 aliphatic heterocycles. The molecule has 0 bridgehead atoms. The number of anilines is 3. The number of benzene rings is 5. The minimum Gasteiger partial charge on any atom is -0.456 e. The summed E-state index contributed by atoms with van der Waals surface area (Å²) in [5, 5.41) is 2.06. The molecule has 0 aliphatic rings. The predicted octanol–water partition coefficient (Wildman–Crippen LogP) is 8.72. The highest BCUT2D eigenvalue weighted by atomic mass is 16.3. The maximum atomic E-state index is 8.32. The maximum absolute atomic E-state index is 8.32. The van der Waals surface area contributed by atoms with Gasteiger partial charge in [-0.1, -0.05) is 78.7 Å². The molecule has 0 spiro atoms. The molecule has 2 heteroatoms. The molecule has 6 aromatic rings. The van der Waals surface area contributed by atoms with Crippen molar-refractivity contribution < 1.29 is 11.3 Å². The average molecular weight is 417 g/mol. The zero-order valence-corrected chi connectivity index (χ0v) is 17.1. The molecule has 0 unspecified atom stereocenters. The van der Waals surface area contributed by atoms with Crippen LogP contribution in [0.3, 0.4) is 0 Å². The Bertz CT molecular complexity index is 1750. The van der Waals surface area contributed by atoms with E-state index in [1.165, 1.54) is 0 Å². The van der Waals surface area contributed by atoms with E-state index >= 15 is 0 Å². The first-order valence-electron chi connectivity index (χ1n) is 12.9. The Labute approximate surface area is 194 Å². The summed E-state index contributed by atoms with van der Waals surface area (Å²) in [6, 6.07) is 29.9. The summed E-state index contributed by atoms with van der Waals surface area (Å²) in [7, 11) is 0. The summed E-state index contributed by atoms with van der Waals surface area (Å²) in [6.07, 6.45) is 0. The Morgan fingerprint density at radius 2 is 1.19 bits per heavy atom. The molecule has 0 aliphatic carbocycles. The van der Waals surface area contributed by atoms with E-state index in [0.717, 1.165) is 39.0 Å². The van der Waals surface area contributed by atoms with Crippen molar-refractivity contribution in [1.82, 2.24) is 0 Å². The lowest BCUT2D eigenvalue weighted by molar-refractivity contribution is 0.669. The zero-order valence-electron chi connectivity index (χ0n) is 22.1. The van der Waals surface area contributed by atoms with Crippen molar-refractivity contribution in [3.63, 3.8) is 0 Å². The van der Waals surface area contributed by atoms with Crippen LogP contribution in [0.5, 0.6) is 0 Å². The lowest BCUT2D eigenvalue weighted by Crippen LogP contribution is -2.09. The van der Waals surface area contributed by atoms with E-state index in [1.54, 1.807) is 12.1 Å². The minimum absolute atomic E-state index is 0.190. The van der Waals surface area contributed by atoms with E-state index in [4.69, 9.17) is 11.3 Å². The predicted molar refractivity (Wildman–Crippen MR) is 134 cm³/mol. The van der Waals surface area contributed by atoms with Gasteiger partial charge in [0.2, 0.25) is 0 Å². The Morgan fingerprint density at radius 1 is 0.531 bits per heavy atom. The summed E-state index contributed by atoms with van der Waals surface area (Å²) >= 11 is 0. The Hall–Kier alpha value is -4.30. The second-order valence-corrected chi connectivity index (χ2v) is 7.50. The topological polar surface area (TPSA) is 16.4 Å². The van der Waals surface area contributed by atoms with Crippen molar-refractivity contribution in [1.29, 1.82) is 0 Å². The van der Waals surface area contributed by atoms with Gasteiger partial charge >= 0.3 is 0 Å². The van der Waals surface area contributed by atoms with E-state index in [2.05, 4.69) is 11.0 Å². The van der Waals surface area contributed by atoms with Crippen molar-refractivity contribution in [2.45, 2.75) is 0 Å². The SMILES string of the molecule is [2H]c1c([2H])c([2H])c(-c2ccc(N(c3ccccc3)c3ccc4oc5ccccc5c4c3)cc2)c([2H])c1[2H]. The van der Waals surface area contributed by atoms with E-state index in [0.29, 0.717) is 5.56 Å². The molecule has 0 fully saturated rings. The van der Waals surface area contributed by atoms with Gasteiger partial charge in [0.1, 0.15) is 11.2 Å². The normalized spacial score (nSPS) is 13.3. The minimum atomic E-state index is -0.396. The average Bonchev–Trinajstić information content (AvgIpc) is 3.31. The molecule has 152 valence electrons. The number of furan rings is 1. The fraction of sp³-hybridized carbons (Fsp3) is 0. The molecule has 0 atom stereocenters. The zero-order chi connectivity index (χ0) is 25.7. The van der Waals surface area contributed by atoms with Gasteiger partial charge in [0.05, 0.1) is 6.85 Å². The number of hydrogen-bond acceptors (Lipinski definition) is 2. The van der Waals surface area contributed by atoms with Crippen LogP contribution in [0.25, 0.3) is 33.1 Å². The maximum Gasteiger partial charge on any atom is 0.135 e. The number of para-hydroxylation sites is 2. The third-order valence-electron chi connectivity index (χ3n) is 5.55. The first-order valence-corrected chi connectivity index (χ1v) is 10.4. The summed E-state index contributed by atoms with van der Waals surface area (Å²) in [4.78, 5) is 2.12. The van der Waals surface area contributed by atoms with Crippen LogP contribution in [-0.4, -0.2) is 0 Å². The van der Waals surface area contributed by atoms with Crippen molar-refractivity contribution in [2.75, 3.05) is 4.90 Å². The van der Waals surface area contributed by atoms with Crippen LogP contribution in [-0.2, 0) is 0 Å². The van der Waals surface area contributed by atoms with E-state index in [1.807, 2.05) is 78.9 Å². The smallest absolute Gasteiger partial charge is 0.135 e. The van der Waals surface area contributed by atoms with E-state index < -0.39 is 6.04 Å². The highest BCUT2D eigenvalue weighted by molar-refractivity contribution is 6.06. The van der Waals surface area contributed by atoms with Crippen LogP contribution in [0.4, 0.5) is 17.1 Å². The van der Waals surface area contributed by atoms with Gasteiger partial charge < -0.3 is 9.32 Å². The van der Waals surface area contributed by atoms with E-state index in [9.17, 15) is 0 Å². The van der Waals surface area contributed by atoms with Crippen LogP contribution >= 0.6 is 0 Å². The lowest BCUT2D eigenvalue weighted by Gasteiger charge is -2.25. The monoisotopic (exact) mass is 416 g/mol. The molecule has 32 heavy (non-hydrogen) atoms. The number of nitrogens with zero attached hydrogens (tertiary/aromatic N) is 1. The van der Waals surface area contributed by atoms with Gasteiger partial charge in [-0.05, 0) is 59.7 Å². The third kappa shape index (κ3) is 3.23. The fourth-order valence-corrected chi connectivity index (χ4v) is 4.05. The Morgan fingerprint density at radius 3 is 2.00 bits per heavy atom. The van der Waals surface area contributed by atoms with Gasteiger partial charge in [0, 0.05) is 27.8 Å². The second kappa shape index (κ2) is 7.75. The van der Waals surface area contributed by atoms with Crippen LogP contribution in [0.15, 0.2) is 132 Å². The Balaban J connectivity index is 1.49. The standard InChI is InChI=1S/C30H21NO/c1-3-9-22(10-4-1)23-15-17-25(18-16-23)31(24-11-5-2-6-12-24)26-19-20-30-28(21-26)27-13-7-8-14-29(27)32-30/h1-21H/i1D,3D,4D,9D,10D. The lowest BCUT2D eigenvalue weighted by atomic mass is 10.0. The number of rotatable bonds is 4. The van der Waals surface area contributed by atoms with Crippen molar-refractivity contribution in [3.05, 3.63) is 127 Å². The van der Waals surface area contributed by atoms with Gasteiger partial charge in [-0.3, -0.25) is 0 Å². The molecule has 0 radical (unpaired) electrons. The second-order valence-electron chi connectivity index (χ2n) is 7.50. The van der Waals surface area contributed by atoms with Gasteiger partial charge in [0.25, 0.3) is 0 Å². The van der Waals surface area contributed by atoms with Crippen molar-refractivity contribution >= 4 is 39.0 Å². The quantitative estimate of drug-likeness (QED) is 0.286. The molecule has 1 aromatic heterocycles. The van der Waals surface area contributed by atoms with E-state index in [-0.39, 0.29) is 29.7 Å². The summed E-state index contributed by atoms with van der Waals surface area (Å²) in [6.45, 7) is 0.